The van der Waals surface area contributed by atoms with Gasteiger partial charge in [0.15, 0.2) is 0 Å². The molecule has 0 atom stereocenters. The van der Waals surface area contributed by atoms with Gasteiger partial charge in [-0.1, -0.05) is 0 Å². The monoisotopic (exact) mass is 410 g/mol. The highest BCUT2D eigenvalue weighted by Crippen LogP contribution is 2.59. The van der Waals surface area contributed by atoms with Crippen LogP contribution in [0, 0.1) is 26.7 Å². The van der Waals surface area contributed by atoms with E-state index in [1.165, 1.54) is 42.1 Å². The summed E-state index contributed by atoms with van der Waals surface area (Å²) in [4.78, 5) is 12.2. The second-order valence-corrected chi connectivity index (χ2v) is 8.98. The second kappa shape index (κ2) is 5.69. The van der Waals surface area contributed by atoms with Crippen molar-refractivity contribution in [2.24, 2.45) is 23.2 Å². The van der Waals surface area contributed by atoms with Crippen molar-refractivity contribution in [2.45, 2.75) is 38.5 Å². The smallest absolute Gasteiger partial charge is 0.319 e. The molecule has 2 N–H and O–H groups in total. The molecule has 2 amide bonds. The topological polar surface area (TPSA) is 41.1 Å². The third-order valence-corrected chi connectivity index (χ3v) is 6.61. The molecule has 1 aromatic carbocycles. The Bertz CT molecular complexity index is 534. The summed E-state index contributed by atoms with van der Waals surface area (Å²) >= 11 is 2.27. The number of benzene rings is 1. The van der Waals surface area contributed by atoms with Crippen LogP contribution in [0.1, 0.15) is 38.5 Å². The normalized spacial score (nSPS) is 35.4. The Kier molecular flexibility index (Phi) is 3.83. The van der Waals surface area contributed by atoms with Crippen molar-refractivity contribution in [3.8, 4) is 0 Å². The first-order chi connectivity index (χ1) is 10.6. The third kappa shape index (κ3) is 2.99. The lowest BCUT2D eigenvalue weighted by atomic mass is 9.49. The first-order valence-electron chi connectivity index (χ1n) is 8.41. The van der Waals surface area contributed by atoms with Gasteiger partial charge in [-0.05, 0) is 109 Å². The standard InChI is InChI=1S/C18H23IN2O/c19-15-1-3-16(4-2-15)21-17(22)20-11-18-8-12-5-13(9-18)7-14(6-12)10-18/h1-4,12-14H,5-11H2,(H2,20,21,22). The fourth-order valence-corrected chi connectivity index (χ4v) is 5.84. The molecule has 0 unspecified atom stereocenters. The van der Waals surface area contributed by atoms with E-state index >= 15 is 0 Å². The maximum Gasteiger partial charge on any atom is 0.319 e. The molecule has 0 aromatic heterocycles. The SMILES string of the molecule is O=C(NCC12CC3CC(CC(C3)C1)C2)Nc1ccc(I)cc1. The Morgan fingerprint density at radius 2 is 1.59 bits per heavy atom. The fraction of sp³-hybridized carbons (Fsp3) is 0.611. The van der Waals surface area contributed by atoms with E-state index in [-0.39, 0.29) is 6.03 Å². The first-order valence-corrected chi connectivity index (χ1v) is 9.49. The molecular weight excluding hydrogens is 387 g/mol. The zero-order valence-electron chi connectivity index (χ0n) is 12.8. The van der Waals surface area contributed by atoms with Crippen LogP contribution in [0.25, 0.3) is 0 Å². The van der Waals surface area contributed by atoms with Gasteiger partial charge in [0, 0.05) is 15.8 Å². The highest BCUT2D eigenvalue weighted by atomic mass is 127. The van der Waals surface area contributed by atoms with Gasteiger partial charge >= 0.3 is 6.03 Å². The van der Waals surface area contributed by atoms with Crippen LogP contribution in [0.5, 0.6) is 0 Å². The number of nitrogens with one attached hydrogen (secondary N) is 2. The molecular formula is C18H23IN2O. The average Bonchev–Trinajstić information content (AvgIpc) is 2.46. The number of anilines is 1. The van der Waals surface area contributed by atoms with Crippen LogP contribution in [0.4, 0.5) is 10.5 Å². The summed E-state index contributed by atoms with van der Waals surface area (Å²) in [5.41, 5.74) is 1.27. The lowest BCUT2D eigenvalue weighted by Gasteiger charge is -2.56. The van der Waals surface area contributed by atoms with Gasteiger partial charge in [-0.15, -0.1) is 0 Å². The minimum atomic E-state index is -0.0584. The van der Waals surface area contributed by atoms with E-state index < -0.39 is 0 Å². The molecule has 0 radical (unpaired) electrons. The first kappa shape index (κ1) is 14.8. The van der Waals surface area contributed by atoms with Crippen molar-refractivity contribution in [1.82, 2.24) is 5.32 Å². The second-order valence-electron chi connectivity index (χ2n) is 7.73. The summed E-state index contributed by atoms with van der Waals surface area (Å²) in [6.07, 6.45) is 8.37. The number of halogens is 1. The number of urea groups is 1. The summed E-state index contributed by atoms with van der Waals surface area (Å²) in [5, 5.41) is 6.10. The Labute approximate surface area is 145 Å². The lowest BCUT2D eigenvalue weighted by molar-refractivity contribution is -0.0496. The third-order valence-electron chi connectivity index (χ3n) is 5.89. The van der Waals surface area contributed by atoms with Crippen LogP contribution in [0.15, 0.2) is 24.3 Å². The molecule has 4 aliphatic carbocycles. The minimum absolute atomic E-state index is 0.0584. The van der Waals surface area contributed by atoms with Crippen molar-refractivity contribution in [1.29, 1.82) is 0 Å². The molecule has 4 bridgehead atoms. The van der Waals surface area contributed by atoms with E-state index in [1.807, 2.05) is 24.3 Å². The van der Waals surface area contributed by atoms with Crippen LogP contribution in [0.2, 0.25) is 0 Å². The van der Waals surface area contributed by atoms with Crippen molar-refractivity contribution >= 4 is 34.3 Å². The fourth-order valence-electron chi connectivity index (χ4n) is 5.48. The molecule has 0 spiro atoms. The number of carbonyl (C=O) groups excluding carboxylic acids is 1. The molecule has 4 saturated carbocycles. The molecule has 1 aromatic rings. The van der Waals surface area contributed by atoms with Gasteiger partial charge in [0.25, 0.3) is 0 Å². The highest BCUT2D eigenvalue weighted by Gasteiger charge is 2.50. The summed E-state index contributed by atoms with van der Waals surface area (Å²) in [7, 11) is 0. The van der Waals surface area contributed by atoms with E-state index in [4.69, 9.17) is 0 Å². The Morgan fingerprint density at radius 1 is 1.05 bits per heavy atom. The van der Waals surface area contributed by atoms with Crippen LogP contribution in [-0.2, 0) is 0 Å². The van der Waals surface area contributed by atoms with Gasteiger partial charge in [-0.2, -0.15) is 0 Å². The number of rotatable bonds is 3. The Balaban J connectivity index is 1.34. The van der Waals surface area contributed by atoms with Gasteiger partial charge in [0.1, 0.15) is 0 Å². The molecule has 3 nitrogen and oxygen atoms in total. The van der Waals surface area contributed by atoms with Gasteiger partial charge < -0.3 is 10.6 Å². The predicted octanol–water partition coefficient (Wildman–Crippen LogP) is 4.63. The van der Waals surface area contributed by atoms with Crippen molar-refractivity contribution in [2.75, 3.05) is 11.9 Å². The van der Waals surface area contributed by atoms with Crippen molar-refractivity contribution in [3.63, 3.8) is 0 Å². The van der Waals surface area contributed by atoms with E-state index in [2.05, 4.69) is 33.2 Å². The van der Waals surface area contributed by atoms with E-state index in [9.17, 15) is 4.79 Å². The molecule has 22 heavy (non-hydrogen) atoms. The van der Waals surface area contributed by atoms with Gasteiger partial charge in [-0.25, -0.2) is 4.79 Å². The van der Waals surface area contributed by atoms with Crippen molar-refractivity contribution in [3.05, 3.63) is 27.8 Å². The molecule has 0 saturated heterocycles. The summed E-state index contributed by atoms with van der Waals surface area (Å²) in [5.74, 6) is 2.81. The molecule has 4 fully saturated rings. The number of hydrogen-bond acceptors (Lipinski definition) is 1. The van der Waals surface area contributed by atoms with Crippen LogP contribution >= 0.6 is 22.6 Å². The molecule has 0 aliphatic heterocycles. The van der Waals surface area contributed by atoms with Crippen LogP contribution in [0.3, 0.4) is 0 Å². The zero-order valence-corrected chi connectivity index (χ0v) is 14.9. The predicted molar refractivity (Wildman–Crippen MR) is 96.8 cm³/mol. The Morgan fingerprint density at radius 3 is 2.14 bits per heavy atom. The lowest BCUT2D eigenvalue weighted by Crippen LogP contribution is -2.51. The van der Waals surface area contributed by atoms with E-state index in [0.29, 0.717) is 5.41 Å². The van der Waals surface area contributed by atoms with Crippen molar-refractivity contribution < 1.29 is 4.79 Å². The average molecular weight is 410 g/mol. The van der Waals surface area contributed by atoms with Crippen LogP contribution < -0.4 is 10.6 Å². The van der Waals surface area contributed by atoms with Gasteiger partial charge in [0.05, 0.1) is 0 Å². The molecule has 5 rings (SSSR count). The van der Waals surface area contributed by atoms with E-state index in [1.54, 1.807) is 0 Å². The zero-order chi connectivity index (χ0) is 15.2. The quantitative estimate of drug-likeness (QED) is 0.702. The maximum absolute atomic E-state index is 12.2. The highest BCUT2D eigenvalue weighted by molar-refractivity contribution is 14.1. The maximum atomic E-state index is 12.2. The number of carbonyl (C=O) groups is 1. The Hall–Kier alpha value is -0.780. The molecule has 118 valence electrons. The number of amides is 2. The summed E-state index contributed by atoms with van der Waals surface area (Å²) in [6, 6.07) is 7.86. The van der Waals surface area contributed by atoms with Gasteiger partial charge in [-0.3, -0.25) is 0 Å². The van der Waals surface area contributed by atoms with E-state index in [0.717, 1.165) is 30.0 Å². The van der Waals surface area contributed by atoms with Crippen LogP contribution in [-0.4, -0.2) is 12.6 Å². The molecule has 4 aliphatic rings. The minimum Gasteiger partial charge on any atom is -0.337 e. The molecule has 4 heteroatoms. The molecule has 0 heterocycles. The summed E-state index contributed by atoms with van der Waals surface area (Å²) in [6.45, 7) is 0.854. The summed E-state index contributed by atoms with van der Waals surface area (Å²) < 4.78 is 1.18. The van der Waals surface area contributed by atoms with Gasteiger partial charge in [0.2, 0.25) is 0 Å². The largest absolute Gasteiger partial charge is 0.337 e. The number of hydrogen-bond donors (Lipinski definition) is 2.